The number of para-hydroxylation sites is 1. The van der Waals surface area contributed by atoms with Crippen LogP contribution in [-0.2, 0) is 16.8 Å². The van der Waals surface area contributed by atoms with Gasteiger partial charge in [0.2, 0.25) is 0 Å². The molecule has 4 N–H and O–H groups in total. The van der Waals surface area contributed by atoms with E-state index < -0.39 is 22.2 Å². The maximum atomic E-state index is 14.2. The zero-order chi connectivity index (χ0) is 29.1. The van der Waals surface area contributed by atoms with Gasteiger partial charge in [0.05, 0.1) is 17.1 Å². The molecule has 0 fully saturated rings. The van der Waals surface area contributed by atoms with Crippen LogP contribution in [0, 0.1) is 12.3 Å². The van der Waals surface area contributed by atoms with Crippen LogP contribution in [0.1, 0.15) is 40.1 Å². The second kappa shape index (κ2) is 9.47. The molecule has 6 rings (SSSR count). The summed E-state index contributed by atoms with van der Waals surface area (Å²) >= 11 is 0. The second-order valence-electron chi connectivity index (χ2n) is 9.68. The second-order valence-corrected chi connectivity index (χ2v) is 11.0. The number of rotatable bonds is 6. The number of pyridine rings is 1. The highest BCUT2D eigenvalue weighted by molar-refractivity contribution is 7.90. The molecule has 0 saturated carbocycles. The van der Waals surface area contributed by atoms with Crippen molar-refractivity contribution in [2.24, 2.45) is 5.14 Å². The maximum absolute atomic E-state index is 14.2. The van der Waals surface area contributed by atoms with E-state index in [9.17, 15) is 18.0 Å². The SMILES string of the molecule is C#Cc1ccc2c3c(c([C@@H](C)NC(=O)c4c(NS(N)(=O)=O)nn5cccnc45)n(-c4ccccc4)c(=O)c13)CN2C. The first-order valence-corrected chi connectivity index (χ1v) is 14.1. The van der Waals surface area contributed by atoms with Crippen LogP contribution in [0.5, 0.6) is 0 Å². The Balaban J connectivity index is 1.56. The van der Waals surface area contributed by atoms with E-state index in [1.165, 1.54) is 16.9 Å². The molecular weight excluding hydrogens is 544 g/mol. The summed E-state index contributed by atoms with van der Waals surface area (Å²) in [7, 11) is -2.33. The Bertz CT molecular complexity index is 2100. The number of amides is 1. The highest BCUT2D eigenvalue weighted by Gasteiger charge is 2.32. The van der Waals surface area contributed by atoms with Crippen LogP contribution < -0.4 is 25.6 Å². The van der Waals surface area contributed by atoms with Gasteiger partial charge in [-0.15, -0.1) is 11.5 Å². The number of nitrogens with two attached hydrogens (primary N) is 1. The molecule has 0 unspecified atom stereocenters. The van der Waals surface area contributed by atoms with Crippen molar-refractivity contribution in [3.63, 3.8) is 0 Å². The number of hydrogen-bond acceptors (Lipinski definition) is 7. The largest absolute Gasteiger partial charge is 0.370 e. The Morgan fingerprint density at radius 3 is 2.61 bits per heavy atom. The first kappa shape index (κ1) is 26.1. The predicted molar refractivity (Wildman–Crippen MR) is 155 cm³/mol. The molecule has 1 aliphatic rings. The fourth-order valence-electron chi connectivity index (χ4n) is 5.45. The molecule has 41 heavy (non-hydrogen) atoms. The third-order valence-corrected chi connectivity index (χ3v) is 7.53. The summed E-state index contributed by atoms with van der Waals surface area (Å²) in [6.07, 6.45) is 8.79. The van der Waals surface area contributed by atoms with Crippen molar-refractivity contribution in [3.8, 4) is 18.0 Å². The summed E-state index contributed by atoms with van der Waals surface area (Å²) in [6.45, 7) is 2.22. The normalized spacial score (nSPS) is 13.4. The van der Waals surface area contributed by atoms with Gasteiger partial charge in [-0.1, -0.05) is 24.1 Å². The van der Waals surface area contributed by atoms with Crippen molar-refractivity contribution >= 4 is 44.0 Å². The number of hydrogen-bond donors (Lipinski definition) is 3. The van der Waals surface area contributed by atoms with Crippen LogP contribution in [0.3, 0.4) is 0 Å². The Labute approximate surface area is 234 Å². The van der Waals surface area contributed by atoms with Gasteiger partial charge in [-0.25, -0.2) is 14.6 Å². The molecule has 0 saturated heterocycles. The van der Waals surface area contributed by atoms with E-state index >= 15 is 0 Å². The summed E-state index contributed by atoms with van der Waals surface area (Å²) in [5, 5.41) is 13.4. The van der Waals surface area contributed by atoms with E-state index in [2.05, 4.69) is 26.0 Å². The molecule has 1 atom stereocenters. The van der Waals surface area contributed by atoms with E-state index in [1.54, 1.807) is 35.8 Å². The summed E-state index contributed by atoms with van der Waals surface area (Å²) < 4.78 is 28.6. The molecule has 4 heterocycles. The predicted octanol–water partition coefficient (Wildman–Crippen LogP) is 2.07. The number of fused-ring (bicyclic) bond motifs is 1. The van der Waals surface area contributed by atoms with Crippen molar-refractivity contribution in [2.45, 2.75) is 19.5 Å². The molecule has 12 nitrogen and oxygen atoms in total. The highest BCUT2D eigenvalue weighted by atomic mass is 32.2. The van der Waals surface area contributed by atoms with Crippen LogP contribution in [0.2, 0.25) is 0 Å². The van der Waals surface area contributed by atoms with Crippen LogP contribution in [-0.4, -0.2) is 40.5 Å². The van der Waals surface area contributed by atoms with E-state index in [1.807, 2.05) is 36.2 Å². The van der Waals surface area contributed by atoms with Crippen molar-refractivity contribution in [2.75, 3.05) is 16.7 Å². The van der Waals surface area contributed by atoms with Crippen LogP contribution >= 0.6 is 0 Å². The van der Waals surface area contributed by atoms with Crippen molar-refractivity contribution in [1.82, 2.24) is 24.5 Å². The smallest absolute Gasteiger partial charge is 0.297 e. The average Bonchev–Trinajstić information content (AvgIpc) is 3.46. The Morgan fingerprint density at radius 2 is 1.90 bits per heavy atom. The molecule has 0 radical (unpaired) electrons. The van der Waals surface area contributed by atoms with Crippen molar-refractivity contribution in [3.05, 3.63) is 93.7 Å². The number of anilines is 2. The number of nitrogens with one attached hydrogen (secondary N) is 2. The molecular formula is C28H24N8O4S. The summed E-state index contributed by atoms with van der Waals surface area (Å²) in [4.78, 5) is 34.2. The van der Waals surface area contributed by atoms with Gasteiger partial charge in [-0.2, -0.15) is 8.42 Å². The monoisotopic (exact) mass is 568 g/mol. The lowest BCUT2D eigenvalue weighted by Gasteiger charge is -2.23. The number of nitrogens with zero attached hydrogens (tertiary/aromatic N) is 5. The molecule has 3 aromatic heterocycles. The molecule has 0 spiro atoms. The molecule has 206 valence electrons. The molecule has 0 aliphatic carbocycles. The highest BCUT2D eigenvalue weighted by Crippen LogP contribution is 2.40. The quantitative estimate of drug-likeness (QED) is 0.265. The number of carbonyl (C=O) groups is 1. The van der Waals surface area contributed by atoms with Gasteiger partial charge in [0.25, 0.3) is 21.7 Å². The zero-order valence-corrected chi connectivity index (χ0v) is 22.8. The fourth-order valence-corrected chi connectivity index (χ4v) is 5.86. The Kier molecular flexibility index (Phi) is 6.02. The Morgan fingerprint density at radius 1 is 1.15 bits per heavy atom. The molecule has 1 amide bonds. The van der Waals surface area contributed by atoms with Gasteiger partial charge >= 0.3 is 0 Å². The standard InChI is InChI=1S/C28H24N8O4S/c1-4-17-11-12-20-22-19(15-34(20)3)24(36(28(38)21(17)22)18-9-6-5-7-10-18)16(2)31-27(37)23-25(33-41(29,39)40)32-35-14-8-13-30-26(23)35/h1,5-14,16H,15H2,2-3H3,(H,31,37)(H,32,33)(H2,29,39,40)/t16-/m1/s1. The molecule has 0 bridgehead atoms. The number of carbonyl (C=O) groups excluding carboxylic acids is 1. The van der Waals surface area contributed by atoms with Crippen LogP contribution in [0.15, 0.2) is 65.7 Å². The number of benzene rings is 2. The van der Waals surface area contributed by atoms with Gasteiger partial charge in [-0.3, -0.25) is 18.9 Å². The molecule has 1 aliphatic heterocycles. The van der Waals surface area contributed by atoms with Gasteiger partial charge in [-0.05, 0) is 37.3 Å². The first-order chi connectivity index (χ1) is 19.6. The van der Waals surface area contributed by atoms with Gasteiger partial charge < -0.3 is 10.2 Å². The topological polar surface area (TPSA) is 157 Å². The van der Waals surface area contributed by atoms with Crippen molar-refractivity contribution in [1.29, 1.82) is 0 Å². The van der Waals surface area contributed by atoms with E-state index in [-0.39, 0.29) is 22.6 Å². The van der Waals surface area contributed by atoms with E-state index in [4.69, 9.17) is 11.6 Å². The first-order valence-electron chi connectivity index (χ1n) is 12.5. The minimum atomic E-state index is -4.25. The molecule has 2 aromatic carbocycles. The van der Waals surface area contributed by atoms with Crippen LogP contribution in [0.4, 0.5) is 11.5 Å². The van der Waals surface area contributed by atoms with E-state index in [0.717, 1.165) is 16.6 Å². The number of aromatic nitrogens is 4. The Hall–Kier alpha value is -5.19. The van der Waals surface area contributed by atoms with E-state index in [0.29, 0.717) is 28.9 Å². The number of terminal acetylenes is 1. The maximum Gasteiger partial charge on any atom is 0.297 e. The van der Waals surface area contributed by atoms with Crippen LogP contribution in [0.25, 0.3) is 22.1 Å². The minimum absolute atomic E-state index is 0.118. The lowest BCUT2D eigenvalue weighted by atomic mass is 9.97. The summed E-state index contributed by atoms with van der Waals surface area (Å²) in [5.74, 6) is 1.70. The average molecular weight is 569 g/mol. The third-order valence-electron chi connectivity index (χ3n) is 7.05. The lowest BCUT2D eigenvalue weighted by Crippen LogP contribution is -2.34. The van der Waals surface area contributed by atoms with Crippen molar-refractivity contribution < 1.29 is 13.2 Å². The molecule has 13 heteroatoms. The van der Waals surface area contributed by atoms with Gasteiger partial charge in [0.15, 0.2) is 11.5 Å². The van der Waals surface area contributed by atoms with Gasteiger partial charge in [0, 0.05) is 53.9 Å². The molecule has 5 aromatic rings. The summed E-state index contributed by atoms with van der Waals surface area (Å²) in [5.41, 5.74) is 3.03. The minimum Gasteiger partial charge on any atom is -0.370 e. The fraction of sp³-hybridized carbons (Fsp3) is 0.143. The lowest BCUT2D eigenvalue weighted by molar-refractivity contribution is 0.0941. The zero-order valence-electron chi connectivity index (χ0n) is 22.0. The van der Waals surface area contributed by atoms with Gasteiger partial charge in [0.1, 0.15) is 5.56 Å². The summed E-state index contributed by atoms with van der Waals surface area (Å²) in [6, 6.07) is 13.6. The third kappa shape index (κ3) is 4.26.